The Morgan fingerprint density at radius 1 is 0.288 bits per heavy atom. The number of ether oxygens (including phenoxy) is 3. The zero-order chi connectivity index (χ0) is 52.9. The van der Waals surface area contributed by atoms with Gasteiger partial charge in [-0.2, -0.15) is 0 Å². The summed E-state index contributed by atoms with van der Waals surface area (Å²) in [6.45, 7) is 6.58. The molecule has 0 aromatic carbocycles. The van der Waals surface area contributed by atoms with Gasteiger partial charge in [-0.3, -0.25) is 14.4 Å². The molecule has 1 unspecified atom stereocenters. The molecule has 0 aliphatic carbocycles. The van der Waals surface area contributed by atoms with Gasteiger partial charge in [-0.15, -0.1) is 0 Å². The summed E-state index contributed by atoms with van der Waals surface area (Å²) in [5, 5.41) is 0. The molecule has 0 spiro atoms. The highest BCUT2D eigenvalue weighted by Crippen LogP contribution is 2.18. The van der Waals surface area contributed by atoms with Crippen LogP contribution in [0.1, 0.15) is 342 Å². The van der Waals surface area contributed by atoms with Crippen LogP contribution in [-0.4, -0.2) is 37.2 Å². The topological polar surface area (TPSA) is 78.9 Å². The zero-order valence-corrected chi connectivity index (χ0v) is 48.9. The molecule has 0 rings (SSSR count). The van der Waals surface area contributed by atoms with Gasteiger partial charge in [-0.1, -0.05) is 313 Å². The van der Waals surface area contributed by atoms with Gasteiger partial charge in [0.05, 0.1) is 0 Å². The predicted molar refractivity (Wildman–Crippen MR) is 316 cm³/mol. The summed E-state index contributed by atoms with van der Waals surface area (Å²) < 4.78 is 17.0. The fraction of sp³-hybridized carbons (Fsp3) is 0.836. The number of unbranched alkanes of at least 4 members (excludes halogenated alkanes) is 40. The summed E-state index contributed by atoms with van der Waals surface area (Å²) in [5.74, 6) is -0.862. The number of carbonyl (C=O) groups is 3. The van der Waals surface area contributed by atoms with Crippen molar-refractivity contribution in [2.45, 2.75) is 348 Å². The van der Waals surface area contributed by atoms with E-state index < -0.39 is 6.10 Å². The van der Waals surface area contributed by atoms with Crippen LogP contribution in [0.2, 0.25) is 0 Å². The van der Waals surface area contributed by atoms with Gasteiger partial charge in [0.25, 0.3) is 0 Å². The minimum absolute atomic E-state index is 0.0725. The molecule has 0 aromatic heterocycles. The van der Waals surface area contributed by atoms with Gasteiger partial charge in [0, 0.05) is 19.3 Å². The van der Waals surface area contributed by atoms with E-state index in [1.165, 1.54) is 212 Å². The molecule has 0 fully saturated rings. The van der Waals surface area contributed by atoms with Crippen LogP contribution in [0.5, 0.6) is 0 Å². The van der Waals surface area contributed by atoms with Crippen LogP contribution in [-0.2, 0) is 28.6 Å². The second kappa shape index (κ2) is 61.9. The van der Waals surface area contributed by atoms with E-state index in [1.54, 1.807) is 0 Å². The van der Waals surface area contributed by atoms with E-state index in [-0.39, 0.29) is 31.1 Å². The molecule has 1 atom stereocenters. The largest absolute Gasteiger partial charge is 0.462 e. The van der Waals surface area contributed by atoms with Crippen LogP contribution in [0, 0.1) is 0 Å². The van der Waals surface area contributed by atoms with Crippen molar-refractivity contribution in [2.24, 2.45) is 0 Å². The Morgan fingerprint density at radius 2 is 0.534 bits per heavy atom. The predicted octanol–water partition coefficient (Wildman–Crippen LogP) is 21.8. The maximum atomic E-state index is 12.9. The van der Waals surface area contributed by atoms with Crippen molar-refractivity contribution in [2.75, 3.05) is 13.2 Å². The number of hydrogen-bond acceptors (Lipinski definition) is 6. The van der Waals surface area contributed by atoms with Gasteiger partial charge >= 0.3 is 17.9 Å². The van der Waals surface area contributed by atoms with Crippen molar-refractivity contribution in [1.29, 1.82) is 0 Å². The Labute approximate surface area is 454 Å². The molecule has 0 saturated carbocycles. The summed E-state index contributed by atoms with van der Waals surface area (Å²) in [4.78, 5) is 38.3. The molecule has 0 saturated heterocycles. The summed E-state index contributed by atoms with van der Waals surface area (Å²) in [5.41, 5.74) is 0. The quantitative estimate of drug-likeness (QED) is 0.0261. The first kappa shape index (κ1) is 70.4. The van der Waals surface area contributed by atoms with Crippen molar-refractivity contribution in [3.8, 4) is 0 Å². The lowest BCUT2D eigenvalue weighted by Crippen LogP contribution is -2.30. The van der Waals surface area contributed by atoms with E-state index in [1.807, 2.05) is 0 Å². The van der Waals surface area contributed by atoms with Crippen LogP contribution in [0.15, 0.2) is 48.6 Å². The lowest BCUT2D eigenvalue weighted by molar-refractivity contribution is -0.167. The van der Waals surface area contributed by atoms with E-state index in [4.69, 9.17) is 14.2 Å². The molecular formula is C67H122O6. The normalized spacial score (nSPS) is 12.3. The van der Waals surface area contributed by atoms with Gasteiger partial charge in [-0.25, -0.2) is 0 Å². The summed E-state index contributed by atoms with van der Waals surface area (Å²) >= 11 is 0. The third kappa shape index (κ3) is 60.1. The first-order chi connectivity index (χ1) is 36.0. The second-order valence-corrected chi connectivity index (χ2v) is 21.7. The highest BCUT2D eigenvalue weighted by molar-refractivity contribution is 5.71. The zero-order valence-electron chi connectivity index (χ0n) is 48.9. The van der Waals surface area contributed by atoms with Crippen LogP contribution < -0.4 is 0 Å². The highest BCUT2D eigenvalue weighted by Gasteiger charge is 2.19. The summed E-state index contributed by atoms with van der Waals surface area (Å²) in [6.07, 6.45) is 76.8. The summed E-state index contributed by atoms with van der Waals surface area (Å²) in [6, 6.07) is 0. The van der Waals surface area contributed by atoms with Crippen LogP contribution >= 0.6 is 0 Å². The molecule has 426 valence electrons. The SMILES string of the molecule is CC/C=C\C/C=C\C/C=C\C/C=C\CCCCCCCCC(=O)OCC(COC(=O)CCCCCCCCCCCCCCCCCCC)OC(=O)CCCCCCCCCCCCCCCCCCCCC. The van der Waals surface area contributed by atoms with Gasteiger partial charge in [-0.05, 0) is 57.8 Å². The first-order valence-corrected chi connectivity index (χ1v) is 32.1. The van der Waals surface area contributed by atoms with Crippen molar-refractivity contribution in [3.63, 3.8) is 0 Å². The number of esters is 3. The van der Waals surface area contributed by atoms with Crippen LogP contribution in [0.25, 0.3) is 0 Å². The maximum Gasteiger partial charge on any atom is 0.306 e. The lowest BCUT2D eigenvalue weighted by Gasteiger charge is -2.18. The van der Waals surface area contributed by atoms with E-state index in [9.17, 15) is 14.4 Å². The second-order valence-electron chi connectivity index (χ2n) is 21.7. The Hall–Kier alpha value is -2.63. The Balaban J connectivity index is 4.35. The minimum atomic E-state index is -0.776. The average molecular weight is 1020 g/mol. The fourth-order valence-electron chi connectivity index (χ4n) is 9.56. The van der Waals surface area contributed by atoms with Crippen LogP contribution in [0.4, 0.5) is 0 Å². The van der Waals surface area contributed by atoms with E-state index >= 15 is 0 Å². The fourth-order valence-corrected chi connectivity index (χ4v) is 9.56. The van der Waals surface area contributed by atoms with Crippen LogP contribution in [0.3, 0.4) is 0 Å². The average Bonchev–Trinajstić information content (AvgIpc) is 3.39. The minimum Gasteiger partial charge on any atom is -0.462 e. The molecule has 0 aliphatic rings. The molecule has 0 aliphatic heterocycles. The Kier molecular flexibility index (Phi) is 59.7. The smallest absolute Gasteiger partial charge is 0.306 e. The van der Waals surface area contributed by atoms with Crippen molar-refractivity contribution >= 4 is 17.9 Å². The molecule has 0 heterocycles. The number of rotatable bonds is 59. The van der Waals surface area contributed by atoms with E-state index in [0.29, 0.717) is 19.3 Å². The standard InChI is InChI=1S/C67H122O6/c1-4-7-10-13-16-19-22-25-28-31-33-36-39-42-45-48-51-54-57-60-66(69)72-63-64(62-71-65(68)59-56-53-50-47-44-41-38-35-30-27-24-21-18-15-12-9-6-3)73-67(70)61-58-55-52-49-46-43-40-37-34-32-29-26-23-20-17-14-11-8-5-2/h7,10,16,19,25,28,33,36,64H,4-6,8-9,11-15,17-18,20-24,26-27,29-32,34-35,37-63H2,1-3H3/b10-7-,19-16-,28-25-,36-33-. The molecule has 73 heavy (non-hydrogen) atoms. The molecule has 0 amide bonds. The van der Waals surface area contributed by atoms with Crippen molar-refractivity contribution < 1.29 is 28.6 Å². The molecular weight excluding hydrogens is 901 g/mol. The number of hydrogen-bond donors (Lipinski definition) is 0. The third-order valence-corrected chi connectivity index (χ3v) is 14.3. The van der Waals surface area contributed by atoms with Gasteiger partial charge in [0.15, 0.2) is 6.10 Å². The number of carbonyl (C=O) groups excluding carboxylic acids is 3. The lowest BCUT2D eigenvalue weighted by atomic mass is 10.0. The maximum absolute atomic E-state index is 12.9. The molecule has 0 bridgehead atoms. The number of allylic oxidation sites excluding steroid dienone is 8. The molecule has 0 aromatic rings. The first-order valence-electron chi connectivity index (χ1n) is 32.1. The van der Waals surface area contributed by atoms with E-state index in [0.717, 1.165) is 89.9 Å². The van der Waals surface area contributed by atoms with Gasteiger partial charge in [0.1, 0.15) is 13.2 Å². The van der Waals surface area contributed by atoms with Crippen molar-refractivity contribution in [3.05, 3.63) is 48.6 Å². The summed E-state index contributed by atoms with van der Waals surface area (Å²) in [7, 11) is 0. The molecule has 6 heteroatoms. The highest BCUT2D eigenvalue weighted by atomic mass is 16.6. The Bertz CT molecular complexity index is 1270. The monoisotopic (exact) mass is 1020 g/mol. The Morgan fingerprint density at radius 3 is 0.836 bits per heavy atom. The van der Waals surface area contributed by atoms with Gasteiger partial charge in [0.2, 0.25) is 0 Å². The molecule has 0 radical (unpaired) electrons. The van der Waals surface area contributed by atoms with Crippen molar-refractivity contribution in [1.82, 2.24) is 0 Å². The van der Waals surface area contributed by atoms with E-state index in [2.05, 4.69) is 69.4 Å². The molecule has 6 nitrogen and oxygen atoms in total. The van der Waals surface area contributed by atoms with Gasteiger partial charge < -0.3 is 14.2 Å². The molecule has 0 N–H and O–H groups in total. The third-order valence-electron chi connectivity index (χ3n) is 14.3.